The number of hydrogen-bond donors (Lipinski definition) is 1. The topological polar surface area (TPSA) is 55.8 Å². The Morgan fingerprint density at radius 1 is 1.35 bits per heavy atom. The molecule has 1 aliphatic rings. The normalized spacial score (nSPS) is 13.8. The van der Waals surface area contributed by atoms with E-state index in [2.05, 4.69) is 0 Å². The summed E-state index contributed by atoms with van der Waals surface area (Å²) >= 11 is 0. The Morgan fingerprint density at radius 3 is 2.71 bits per heavy atom. The molecule has 0 saturated carbocycles. The molecule has 1 aromatic rings. The van der Waals surface area contributed by atoms with Crippen molar-refractivity contribution in [3.8, 4) is 11.5 Å². The highest BCUT2D eigenvalue weighted by molar-refractivity contribution is 5.72. The van der Waals surface area contributed by atoms with E-state index < -0.39 is 12.4 Å². The van der Waals surface area contributed by atoms with Gasteiger partial charge in [0, 0.05) is 11.1 Å². The average Bonchev–Trinajstić information content (AvgIpc) is 2.28. The second-order valence-electron chi connectivity index (χ2n) is 3.58. The van der Waals surface area contributed by atoms with Crippen LogP contribution in [0.3, 0.4) is 0 Å². The lowest BCUT2D eigenvalue weighted by atomic mass is 10.1. The summed E-state index contributed by atoms with van der Waals surface area (Å²) in [7, 11) is 0. The molecule has 92 valence electrons. The molecular formula is C11H10F2O4. The summed E-state index contributed by atoms with van der Waals surface area (Å²) in [4.78, 5) is 10.7. The van der Waals surface area contributed by atoms with Crippen molar-refractivity contribution in [1.82, 2.24) is 0 Å². The lowest BCUT2D eigenvalue weighted by molar-refractivity contribution is -0.136. The van der Waals surface area contributed by atoms with E-state index in [0.29, 0.717) is 0 Å². The van der Waals surface area contributed by atoms with Crippen LogP contribution in [0.4, 0.5) is 8.78 Å². The maximum absolute atomic E-state index is 12.6. The highest BCUT2D eigenvalue weighted by Crippen LogP contribution is 2.38. The second-order valence-corrected chi connectivity index (χ2v) is 3.58. The summed E-state index contributed by atoms with van der Waals surface area (Å²) in [6.07, 6.45) is -3.04. The first-order valence-electron chi connectivity index (χ1n) is 5.00. The van der Waals surface area contributed by atoms with Crippen LogP contribution in [0.25, 0.3) is 0 Å². The lowest BCUT2D eigenvalue weighted by Crippen LogP contribution is -2.18. The van der Waals surface area contributed by atoms with E-state index in [1.54, 1.807) is 0 Å². The zero-order chi connectivity index (χ0) is 12.4. The molecule has 0 aromatic heterocycles. The van der Waals surface area contributed by atoms with E-state index in [-0.39, 0.29) is 42.3 Å². The quantitative estimate of drug-likeness (QED) is 0.883. The van der Waals surface area contributed by atoms with Crippen molar-refractivity contribution < 1.29 is 28.2 Å². The standard InChI is InChI=1S/C11H10F2O4/c12-11(13)7-3-6(5-9(14)15)10-8(4-7)16-1-2-17-10/h3-4,11H,1-2,5H2,(H,14,15). The van der Waals surface area contributed by atoms with Gasteiger partial charge in [0.2, 0.25) is 0 Å². The van der Waals surface area contributed by atoms with Gasteiger partial charge in [-0.25, -0.2) is 8.78 Å². The Bertz CT molecular complexity index is 445. The average molecular weight is 244 g/mol. The third-order valence-electron chi connectivity index (χ3n) is 2.34. The van der Waals surface area contributed by atoms with Gasteiger partial charge < -0.3 is 14.6 Å². The van der Waals surface area contributed by atoms with Crippen LogP contribution in [0.2, 0.25) is 0 Å². The summed E-state index contributed by atoms with van der Waals surface area (Å²) in [6.45, 7) is 0.555. The van der Waals surface area contributed by atoms with Gasteiger partial charge in [0.15, 0.2) is 11.5 Å². The molecule has 1 N–H and O–H groups in total. The molecule has 17 heavy (non-hydrogen) atoms. The van der Waals surface area contributed by atoms with Crippen molar-refractivity contribution in [1.29, 1.82) is 0 Å². The Morgan fingerprint density at radius 2 is 2.06 bits per heavy atom. The molecule has 0 atom stereocenters. The smallest absolute Gasteiger partial charge is 0.307 e. The Hall–Kier alpha value is -1.85. The van der Waals surface area contributed by atoms with E-state index in [1.165, 1.54) is 6.07 Å². The van der Waals surface area contributed by atoms with Crippen molar-refractivity contribution in [3.63, 3.8) is 0 Å². The van der Waals surface area contributed by atoms with E-state index >= 15 is 0 Å². The summed E-state index contributed by atoms with van der Waals surface area (Å²) in [5.74, 6) is -0.666. The van der Waals surface area contributed by atoms with E-state index in [1.807, 2.05) is 0 Å². The maximum atomic E-state index is 12.6. The minimum absolute atomic E-state index is 0.185. The van der Waals surface area contributed by atoms with Crippen LogP contribution in [-0.2, 0) is 11.2 Å². The van der Waals surface area contributed by atoms with Gasteiger partial charge >= 0.3 is 5.97 Å². The molecule has 0 bridgehead atoms. The number of alkyl halides is 2. The molecule has 2 rings (SSSR count). The minimum Gasteiger partial charge on any atom is -0.486 e. The first-order chi connectivity index (χ1) is 8.08. The summed E-state index contributed by atoms with van der Waals surface area (Å²) in [5.41, 5.74) is -0.0458. The molecular weight excluding hydrogens is 234 g/mol. The highest BCUT2D eigenvalue weighted by atomic mass is 19.3. The monoisotopic (exact) mass is 244 g/mol. The van der Waals surface area contributed by atoms with Gasteiger partial charge in [-0.1, -0.05) is 0 Å². The number of halogens is 2. The van der Waals surface area contributed by atoms with E-state index in [0.717, 1.165) is 6.07 Å². The minimum atomic E-state index is -2.67. The molecule has 0 spiro atoms. The summed E-state index contributed by atoms with van der Waals surface area (Å²) < 4.78 is 35.7. The molecule has 0 aliphatic carbocycles. The number of benzene rings is 1. The highest BCUT2D eigenvalue weighted by Gasteiger charge is 2.21. The third-order valence-corrected chi connectivity index (χ3v) is 2.34. The fourth-order valence-electron chi connectivity index (χ4n) is 1.67. The van der Waals surface area contributed by atoms with Gasteiger partial charge in [-0.2, -0.15) is 0 Å². The van der Waals surface area contributed by atoms with Crippen LogP contribution in [0, 0.1) is 0 Å². The number of carboxylic acid groups (broad SMARTS) is 1. The third kappa shape index (κ3) is 2.46. The number of hydrogen-bond acceptors (Lipinski definition) is 3. The van der Waals surface area contributed by atoms with E-state index in [4.69, 9.17) is 14.6 Å². The lowest BCUT2D eigenvalue weighted by Gasteiger charge is -2.21. The molecule has 0 amide bonds. The SMILES string of the molecule is O=C(O)Cc1cc(C(F)F)cc2c1OCCO2. The van der Waals surface area contributed by atoms with Crippen molar-refractivity contribution in [2.45, 2.75) is 12.8 Å². The van der Waals surface area contributed by atoms with Crippen LogP contribution in [-0.4, -0.2) is 24.3 Å². The Labute approximate surface area is 95.8 Å². The first kappa shape index (κ1) is 11.6. The van der Waals surface area contributed by atoms with Crippen LogP contribution >= 0.6 is 0 Å². The Kier molecular flexibility index (Phi) is 3.12. The fourth-order valence-corrected chi connectivity index (χ4v) is 1.67. The zero-order valence-electron chi connectivity index (χ0n) is 8.78. The molecule has 0 fully saturated rings. The van der Waals surface area contributed by atoms with Gasteiger partial charge in [-0.05, 0) is 12.1 Å². The number of fused-ring (bicyclic) bond motifs is 1. The molecule has 0 saturated heterocycles. The molecule has 4 nitrogen and oxygen atoms in total. The van der Waals surface area contributed by atoms with Crippen molar-refractivity contribution in [3.05, 3.63) is 23.3 Å². The number of aliphatic carboxylic acids is 1. The maximum Gasteiger partial charge on any atom is 0.307 e. The van der Waals surface area contributed by atoms with Gasteiger partial charge in [-0.15, -0.1) is 0 Å². The number of rotatable bonds is 3. The second kappa shape index (κ2) is 4.57. The molecule has 0 unspecified atom stereocenters. The first-order valence-corrected chi connectivity index (χ1v) is 5.00. The van der Waals surface area contributed by atoms with Crippen LogP contribution in [0.15, 0.2) is 12.1 Å². The van der Waals surface area contributed by atoms with E-state index in [9.17, 15) is 13.6 Å². The van der Waals surface area contributed by atoms with Crippen molar-refractivity contribution in [2.24, 2.45) is 0 Å². The van der Waals surface area contributed by atoms with Crippen LogP contribution in [0.1, 0.15) is 17.6 Å². The molecule has 6 heteroatoms. The van der Waals surface area contributed by atoms with Gasteiger partial charge in [0.05, 0.1) is 6.42 Å². The molecule has 0 radical (unpaired) electrons. The summed E-state index contributed by atoms with van der Waals surface area (Å²) in [6, 6.07) is 2.33. The van der Waals surface area contributed by atoms with Gasteiger partial charge in [0.25, 0.3) is 6.43 Å². The number of carboxylic acids is 1. The van der Waals surface area contributed by atoms with Crippen LogP contribution < -0.4 is 9.47 Å². The Balaban J connectivity index is 2.46. The summed E-state index contributed by atoms with van der Waals surface area (Å²) in [5, 5.41) is 8.71. The van der Waals surface area contributed by atoms with Crippen LogP contribution in [0.5, 0.6) is 11.5 Å². The van der Waals surface area contributed by atoms with Gasteiger partial charge in [0.1, 0.15) is 13.2 Å². The van der Waals surface area contributed by atoms with Crippen molar-refractivity contribution >= 4 is 5.97 Å². The predicted molar refractivity (Wildman–Crippen MR) is 53.7 cm³/mol. The fraction of sp³-hybridized carbons (Fsp3) is 0.364. The van der Waals surface area contributed by atoms with Gasteiger partial charge in [-0.3, -0.25) is 4.79 Å². The number of carbonyl (C=O) groups is 1. The molecule has 1 aliphatic heterocycles. The molecule has 1 aromatic carbocycles. The largest absolute Gasteiger partial charge is 0.486 e. The predicted octanol–water partition coefficient (Wildman–Crippen LogP) is 2.02. The van der Waals surface area contributed by atoms with Crippen molar-refractivity contribution in [2.75, 3.05) is 13.2 Å². The number of ether oxygens (including phenoxy) is 2. The molecule has 1 heterocycles. The zero-order valence-corrected chi connectivity index (χ0v) is 8.78.